The van der Waals surface area contributed by atoms with Gasteiger partial charge in [0.2, 0.25) is 0 Å². The summed E-state index contributed by atoms with van der Waals surface area (Å²) in [6.45, 7) is 1.74. The van der Waals surface area contributed by atoms with Crippen molar-refractivity contribution in [1.29, 1.82) is 0 Å². The molecule has 1 heterocycles. The van der Waals surface area contributed by atoms with Crippen LogP contribution < -0.4 is 24.4 Å². The van der Waals surface area contributed by atoms with Crippen LogP contribution in [0, 0.1) is 6.92 Å². The van der Waals surface area contributed by atoms with E-state index in [1.165, 1.54) is 23.1 Å². The number of sulfonamides is 1. The quantitative estimate of drug-likeness (QED) is 0.310. The lowest BCUT2D eigenvalue weighted by Crippen LogP contribution is -2.51. The first-order valence-corrected chi connectivity index (χ1v) is 14.5. The van der Waals surface area contributed by atoms with Crippen molar-refractivity contribution in [3.63, 3.8) is 0 Å². The normalized spacial score (nSPS) is 14.4. The van der Waals surface area contributed by atoms with Crippen LogP contribution in [-0.4, -0.2) is 39.5 Å². The number of carbonyl (C=O) groups is 2. The van der Waals surface area contributed by atoms with Crippen LogP contribution in [-0.2, 0) is 26.2 Å². The lowest BCUT2D eigenvalue weighted by atomic mass is 10.1. The standard InChI is InChI=1S/C31H29N3O6S/c1-22-18-25(41(37,38)33-24-12-6-3-7-13-24)16-17-27(22)39-21-30(35)34-20-29(40-28-15-9-8-14-26(28)34)31(36)32-19-23-10-4-2-5-11-23/h2-18,29,33H,19-21H2,1H3,(H,32,36). The van der Waals surface area contributed by atoms with Gasteiger partial charge >= 0.3 is 0 Å². The lowest BCUT2D eigenvalue weighted by molar-refractivity contribution is -0.128. The molecule has 0 saturated carbocycles. The number of amides is 2. The van der Waals surface area contributed by atoms with E-state index in [0.717, 1.165) is 5.56 Å². The van der Waals surface area contributed by atoms with Crippen molar-refractivity contribution in [3.05, 3.63) is 114 Å². The Kier molecular flexibility index (Phi) is 8.21. The molecule has 10 heteroatoms. The van der Waals surface area contributed by atoms with Crippen molar-refractivity contribution in [2.45, 2.75) is 24.5 Å². The number of benzene rings is 4. The second-order valence-corrected chi connectivity index (χ2v) is 11.2. The predicted molar refractivity (Wildman–Crippen MR) is 155 cm³/mol. The molecule has 0 aromatic heterocycles. The molecule has 9 nitrogen and oxygen atoms in total. The molecule has 4 aromatic rings. The summed E-state index contributed by atoms with van der Waals surface area (Å²) in [6.07, 6.45) is -0.902. The number of hydrogen-bond donors (Lipinski definition) is 2. The van der Waals surface area contributed by atoms with Crippen molar-refractivity contribution in [2.75, 3.05) is 22.8 Å². The number of nitrogens with zero attached hydrogens (tertiary/aromatic N) is 1. The van der Waals surface area contributed by atoms with E-state index in [9.17, 15) is 18.0 Å². The van der Waals surface area contributed by atoms with Crippen LogP contribution in [0.5, 0.6) is 11.5 Å². The summed E-state index contributed by atoms with van der Waals surface area (Å²) in [4.78, 5) is 27.8. The fraction of sp³-hybridized carbons (Fsp3) is 0.161. The largest absolute Gasteiger partial charge is 0.483 e. The summed E-state index contributed by atoms with van der Waals surface area (Å²) in [5.74, 6) is 0.0848. The van der Waals surface area contributed by atoms with Crippen molar-refractivity contribution in [1.82, 2.24) is 5.32 Å². The molecule has 0 aliphatic carbocycles. The van der Waals surface area contributed by atoms with E-state index in [4.69, 9.17) is 9.47 Å². The number of ether oxygens (including phenoxy) is 2. The zero-order valence-corrected chi connectivity index (χ0v) is 23.1. The minimum atomic E-state index is -3.80. The topological polar surface area (TPSA) is 114 Å². The van der Waals surface area contributed by atoms with Crippen LogP contribution in [0.15, 0.2) is 108 Å². The first kappa shape index (κ1) is 27.7. The van der Waals surface area contributed by atoms with Gasteiger partial charge in [-0.05, 0) is 60.5 Å². The maximum Gasteiger partial charge on any atom is 0.265 e. The molecule has 2 N–H and O–H groups in total. The highest BCUT2D eigenvalue weighted by Crippen LogP contribution is 2.33. The van der Waals surface area contributed by atoms with Crippen molar-refractivity contribution < 1.29 is 27.5 Å². The third-order valence-corrected chi connectivity index (χ3v) is 7.89. The molecule has 41 heavy (non-hydrogen) atoms. The number of fused-ring (bicyclic) bond motifs is 1. The average Bonchev–Trinajstić information content (AvgIpc) is 2.99. The number of anilines is 2. The summed E-state index contributed by atoms with van der Waals surface area (Å²) >= 11 is 0. The van der Waals surface area contributed by atoms with Crippen LogP contribution >= 0.6 is 0 Å². The molecule has 1 aliphatic rings. The minimum absolute atomic E-state index is 0.0150. The monoisotopic (exact) mass is 571 g/mol. The summed E-state index contributed by atoms with van der Waals surface area (Å²) < 4.78 is 39.9. The van der Waals surface area contributed by atoms with Crippen molar-refractivity contribution in [3.8, 4) is 11.5 Å². The Balaban J connectivity index is 1.25. The zero-order chi connectivity index (χ0) is 28.8. The van der Waals surface area contributed by atoms with Gasteiger partial charge in [-0.25, -0.2) is 8.42 Å². The first-order valence-electron chi connectivity index (χ1n) is 13.0. The molecular formula is C31H29N3O6S. The van der Waals surface area contributed by atoms with Gasteiger partial charge in [0.05, 0.1) is 17.1 Å². The Morgan fingerprint density at radius 3 is 2.34 bits per heavy atom. The summed E-state index contributed by atoms with van der Waals surface area (Å²) in [7, 11) is -3.80. The van der Waals surface area contributed by atoms with Gasteiger partial charge in [0.25, 0.3) is 21.8 Å². The smallest absolute Gasteiger partial charge is 0.265 e. The molecule has 1 aliphatic heterocycles. The molecule has 0 radical (unpaired) electrons. The Morgan fingerprint density at radius 2 is 1.61 bits per heavy atom. The van der Waals surface area contributed by atoms with Gasteiger partial charge in [-0.1, -0.05) is 60.7 Å². The van der Waals surface area contributed by atoms with E-state index < -0.39 is 16.1 Å². The van der Waals surface area contributed by atoms with Gasteiger partial charge in [0.15, 0.2) is 12.7 Å². The molecule has 1 atom stereocenters. The molecule has 5 rings (SSSR count). The summed E-state index contributed by atoms with van der Waals surface area (Å²) in [5, 5.41) is 2.87. The molecule has 0 saturated heterocycles. The number of nitrogens with one attached hydrogen (secondary N) is 2. The second kappa shape index (κ2) is 12.1. The molecule has 0 fully saturated rings. The Bertz CT molecular complexity index is 1650. The Labute approximate surface area is 238 Å². The van der Waals surface area contributed by atoms with Crippen molar-refractivity contribution in [2.24, 2.45) is 0 Å². The van der Waals surface area contributed by atoms with E-state index in [0.29, 0.717) is 35.0 Å². The van der Waals surface area contributed by atoms with Gasteiger partial charge < -0.3 is 19.7 Å². The third-order valence-electron chi connectivity index (χ3n) is 6.51. The van der Waals surface area contributed by atoms with Crippen LogP contribution in [0.25, 0.3) is 0 Å². The van der Waals surface area contributed by atoms with Gasteiger partial charge in [0, 0.05) is 12.2 Å². The average molecular weight is 572 g/mol. The van der Waals surface area contributed by atoms with E-state index in [-0.39, 0.29) is 29.9 Å². The molecule has 210 valence electrons. The number of rotatable bonds is 9. The highest BCUT2D eigenvalue weighted by molar-refractivity contribution is 7.92. The molecule has 0 bridgehead atoms. The predicted octanol–water partition coefficient (Wildman–Crippen LogP) is 4.29. The highest BCUT2D eigenvalue weighted by Gasteiger charge is 2.34. The van der Waals surface area contributed by atoms with Crippen LogP contribution in [0.4, 0.5) is 11.4 Å². The molecular weight excluding hydrogens is 542 g/mol. The Morgan fingerprint density at radius 1 is 0.927 bits per heavy atom. The fourth-order valence-corrected chi connectivity index (χ4v) is 5.54. The van der Waals surface area contributed by atoms with E-state index >= 15 is 0 Å². The van der Waals surface area contributed by atoms with Gasteiger partial charge in [-0.2, -0.15) is 0 Å². The van der Waals surface area contributed by atoms with Crippen LogP contribution in [0.3, 0.4) is 0 Å². The first-order chi connectivity index (χ1) is 19.8. The number of aryl methyl sites for hydroxylation is 1. The van der Waals surface area contributed by atoms with Gasteiger partial charge in [0.1, 0.15) is 11.5 Å². The van der Waals surface area contributed by atoms with E-state index in [2.05, 4.69) is 10.0 Å². The highest BCUT2D eigenvalue weighted by atomic mass is 32.2. The number of carbonyl (C=O) groups excluding carboxylic acids is 2. The van der Waals surface area contributed by atoms with E-state index in [1.807, 2.05) is 30.3 Å². The van der Waals surface area contributed by atoms with E-state index in [1.54, 1.807) is 61.5 Å². The molecule has 2 amide bonds. The number of para-hydroxylation sites is 3. The molecule has 0 spiro atoms. The van der Waals surface area contributed by atoms with Crippen LogP contribution in [0.1, 0.15) is 11.1 Å². The molecule has 1 unspecified atom stereocenters. The zero-order valence-electron chi connectivity index (χ0n) is 22.3. The Hall–Kier alpha value is -4.83. The fourth-order valence-electron chi connectivity index (χ4n) is 4.39. The van der Waals surface area contributed by atoms with Crippen LogP contribution in [0.2, 0.25) is 0 Å². The maximum absolute atomic E-state index is 13.3. The third kappa shape index (κ3) is 6.67. The second-order valence-electron chi connectivity index (χ2n) is 9.47. The lowest BCUT2D eigenvalue weighted by Gasteiger charge is -2.34. The molecule has 4 aromatic carbocycles. The minimum Gasteiger partial charge on any atom is -0.483 e. The maximum atomic E-state index is 13.3. The van der Waals surface area contributed by atoms with Crippen molar-refractivity contribution >= 4 is 33.2 Å². The number of hydrogen-bond acceptors (Lipinski definition) is 6. The SMILES string of the molecule is Cc1cc(S(=O)(=O)Nc2ccccc2)ccc1OCC(=O)N1CC(C(=O)NCc2ccccc2)Oc2ccccc21. The summed E-state index contributed by atoms with van der Waals surface area (Å²) in [5.41, 5.74) is 2.49. The van der Waals surface area contributed by atoms with Gasteiger partial charge in [-0.3, -0.25) is 14.3 Å². The summed E-state index contributed by atoms with van der Waals surface area (Å²) in [6, 6.07) is 29.6. The van der Waals surface area contributed by atoms with Gasteiger partial charge in [-0.15, -0.1) is 0 Å².